The standard InChI is InChI=1S/C19H20N6O2S/c1-14(26)15-4-6-16(7-5-15)23-8-10-24(11-9-23)18(27)13-25-21-19(20-22-25)17-3-2-12-28-17/h2-7,12H,8-11,13H2,1H3. The topological polar surface area (TPSA) is 84.2 Å². The molecule has 0 saturated carbocycles. The Labute approximate surface area is 166 Å². The molecule has 0 atom stereocenters. The van der Waals surface area contributed by atoms with E-state index in [1.165, 1.54) is 16.1 Å². The fraction of sp³-hybridized carbons (Fsp3) is 0.316. The molecule has 2 aromatic heterocycles. The highest BCUT2D eigenvalue weighted by molar-refractivity contribution is 7.13. The zero-order chi connectivity index (χ0) is 19.5. The molecule has 1 aliphatic heterocycles. The van der Waals surface area contributed by atoms with E-state index in [0.29, 0.717) is 24.5 Å². The monoisotopic (exact) mass is 396 g/mol. The van der Waals surface area contributed by atoms with Crippen LogP contribution in [0.1, 0.15) is 17.3 Å². The van der Waals surface area contributed by atoms with Crippen molar-refractivity contribution in [2.45, 2.75) is 13.5 Å². The third kappa shape index (κ3) is 3.94. The van der Waals surface area contributed by atoms with E-state index in [-0.39, 0.29) is 18.2 Å². The van der Waals surface area contributed by atoms with Gasteiger partial charge in [0.25, 0.3) is 0 Å². The molecule has 144 valence electrons. The maximum Gasteiger partial charge on any atom is 0.246 e. The average molecular weight is 396 g/mol. The van der Waals surface area contributed by atoms with Crippen molar-refractivity contribution in [1.82, 2.24) is 25.1 Å². The zero-order valence-corrected chi connectivity index (χ0v) is 16.3. The van der Waals surface area contributed by atoms with Gasteiger partial charge in [-0.15, -0.1) is 21.5 Å². The number of hydrogen-bond acceptors (Lipinski definition) is 7. The molecule has 1 saturated heterocycles. The Morgan fingerprint density at radius 2 is 1.82 bits per heavy atom. The number of nitrogens with zero attached hydrogens (tertiary/aromatic N) is 6. The Morgan fingerprint density at radius 1 is 1.07 bits per heavy atom. The first kappa shape index (κ1) is 18.3. The summed E-state index contributed by atoms with van der Waals surface area (Å²) < 4.78 is 0. The average Bonchev–Trinajstić information content (AvgIpc) is 3.40. The van der Waals surface area contributed by atoms with Gasteiger partial charge in [0.2, 0.25) is 11.7 Å². The minimum absolute atomic E-state index is 0.0123. The Morgan fingerprint density at radius 3 is 2.46 bits per heavy atom. The molecule has 0 N–H and O–H groups in total. The van der Waals surface area contributed by atoms with E-state index in [1.807, 2.05) is 46.7 Å². The molecular weight excluding hydrogens is 376 g/mol. The molecule has 4 rings (SSSR count). The Hall–Kier alpha value is -3.07. The summed E-state index contributed by atoms with van der Waals surface area (Å²) in [5.74, 6) is 0.592. The minimum Gasteiger partial charge on any atom is -0.368 e. The van der Waals surface area contributed by atoms with Crippen LogP contribution in [0.5, 0.6) is 0 Å². The third-order valence-corrected chi connectivity index (χ3v) is 5.61. The lowest BCUT2D eigenvalue weighted by atomic mass is 10.1. The molecule has 0 unspecified atom stereocenters. The lowest BCUT2D eigenvalue weighted by Gasteiger charge is -2.36. The molecule has 28 heavy (non-hydrogen) atoms. The molecule has 1 aromatic carbocycles. The van der Waals surface area contributed by atoms with Crippen molar-refractivity contribution in [2.75, 3.05) is 31.1 Å². The molecule has 3 aromatic rings. The maximum absolute atomic E-state index is 12.6. The van der Waals surface area contributed by atoms with Crippen LogP contribution in [0.4, 0.5) is 5.69 Å². The molecule has 9 heteroatoms. The van der Waals surface area contributed by atoms with Gasteiger partial charge in [-0.1, -0.05) is 6.07 Å². The van der Waals surface area contributed by atoms with Crippen molar-refractivity contribution >= 4 is 28.7 Å². The smallest absolute Gasteiger partial charge is 0.246 e. The highest BCUT2D eigenvalue weighted by atomic mass is 32.1. The van der Waals surface area contributed by atoms with Crippen LogP contribution in [0.2, 0.25) is 0 Å². The largest absolute Gasteiger partial charge is 0.368 e. The van der Waals surface area contributed by atoms with Crippen molar-refractivity contribution in [3.8, 4) is 10.7 Å². The Balaban J connectivity index is 1.32. The van der Waals surface area contributed by atoms with E-state index < -0.39 is 0 Å². The number of ketones is 1. The van der Waals surface area contributed by atoms with E-state index in [2.05, 4.69) is 20.3 Å². The maximum atomic E-state index is 12.6. The molecular formula is C19H20N6O2S. The number of aromatic nitrogens is 4. The van der Waals surface area contributed by atoms with Crippen molar-refractivity contribution in [2.24, 2.45) is 0 Å². The van der Waals surface area contributed by atoms with Gasteiger partial charge in [-0.2, -0.15) is 4.80 Å². The van der Waals surface area contributed by atoms with Gasteiger partial charge in [-0.25, -0.2) is 0 Å². The van der Waals surface area contributed by atoms with Gasteiger partial charge < -0.3 is 9.80 Å². The number of piperazine rings is 1. The van der Waals surface area contributed by atoms with Crippen molar-refractivity contribution < 1.29 is 9.59 Å². The lowest BCUT2D eigenvalue weighted by Crippen LogP contribution is -2.49. The number of carbonyl (C=O) groups is 2. The summed E-state index contributed by atoms with van der Waals surface area (Å²) in [5, 5.41) is 14.3. The minimum atomic E-state index is -0.0123. The first-order valence-electron chi connectivity index (χ1n) is 9.05. The molecule has 1 amide bonds. The highest BCUT2D eigenvalue weighted by Crippen LogP contribution is 2.20. The van der Waals surface area contributed by atoms with E-state index in [4.69, 9.17) is 0 Å². The van der Waals surface area contributed by atoms with Crippen LogP contribution >= 0.6 is 11.3 Å². The number of tetrazole rings is 1. The number of anilines is 1. The first-order chi connectivity index (χ1) is 13.6. The van der Waals surface area contributed by atoms with Crippen molar-refractivity contribution in [3.63, 3.8) is 0 Å². The molecule has 0 aliphatic carbocycles. The van der Waals surface area contributed by atoms with Gasteiger partial charge in [-0.3, -0.25) is 9.59 Å². The molecule has 8 nitrogen and oxygen atoms in total. The van der Waals surface area contributed by atoms with Crippen LogP contribution in [-0.2, 0) is 11.3 Å². The summed E-state index contributed by atoms with van der Waals surface area (Å²) in [4.78, 5) is 30.3. The number of thiophene rings is 1. The van der Waals surface area contributed by atoms with E-state index in [0.717, 1.165) is 23.7 Å². The highest BCUT2D eigenvalue weighted by Gasteiger charge is 2.22. The van der Waals surface area contributed by atoms with E-state index >= 15 is 0 Å². The quantitative estimate of drug-likeness (QED) is 0.613. The normalized spacial score (nSPS) is 14.3. The van der Waals surface area contributed by atoms with Crippen LogP contribution in [0, 0.1) is 0 Å². The van der Waals surface area contributed by atoms with Crippen LogP contribution < -0.4 is 4.90 Å². The SMILES string of the molecule is CC(=O)c1ccc(N2CCN(C(=O)Cn3nnc(-c4cccs4)n3)CC2)cc1. The van der Waals surface area contributed by atoms with E-state index in [1.54, 1.807) is 6.92 Å². The number of benzene rings is 1. The summed E-state index contributed by atoms with van der Waals surface area (Å²) in [6.45, 7) is 4.42. The van der Waals surface area contributed by atoms with Gasteiger partial charge >= 0.3 is 0 Å². The van der Waals surface area contributed by atoms with Gasteiger partial charge in [0.1, 0.15) is 6.54 Å². The molecule has 3 heterocycles. The fourth-order valence-electron chi connectivity index (χ4n) is 3.16. The molecule has 1 fully saturated rings. The molecule has 1 aliphatic rings. The van der Waals surface area contributed by atoms with Crippen LogP contribution in [0.15, 0.2) is 41.8 Å². The molecule has 0 radical (unpaired) electrons. The Kier molecular flexibility index (Phi) is 5.16. The number of rotatable bonds is 5. The van der Waals surface area contributed by atoms with Gasteiger partial charge in [-0.05, 0) is 47.8 Å². The number of carbonyl (C=O) groups excluding carboxylic acids is 2. The zero-order valence-electron chi connectivity index (χ0n) is 15.5. The second-order valence-electron chi connectivity index (χ2n) is 6.59. The number of hydrogen-bond donors (Lipinski definition) is 0. The van der Waals surface area contributed by atoms with Gasteiger partial charge in [0.15, 0.2) is 5.78 Å². The lowest BCUT2D eigenvalue weighted by molar-refractivity contribution is -0.132. The predicted octanol–water partition coefficient (Wildman–Crippen LogP) is 1.95. The summed E-state index contributed by atoms with van der Waals surface area (Å²) in [6.07, 6.45) is 0. The predicted molar refractivity (Wildman–Crippen MR) is 106 cm³/mol. The third-order valence-electron chi connectivity index (χ3n) is 4.74. The second-order valence-corrected chi connectivity index (χ2v) is 7.54. The van der Waals surface area contributed by atoms with Crippen LogP contribution in [-0.4, -0.2) is 63.0 Å². The fourth-order valence-corrected chi connectivity index (χ4v) is 3.80. The summed E-state index contributed by atoms with van der Waals surface area (Å²) >= 11 is 1.54. The van der Waals surface area contributed by atoms with Gasteiger partial charge in [0, 0.05) is 37.4 Å². The summed E-state index contributed by atoms with van der Waals surface area (Å²) in [5.41, 5.74) is 1.77. The first-order valence-corrected chi connectivity index (χ1v) is 9.93. The van der Waals surface area contributed by atoms with Crippen LogP contribution in [0.25, 0.3) is 10.7 Å². The van der Waals surface area contributed by atoms with Gasteiger partial charge in [0.05, 0.1) is 4.88 Å². The van der Waals surface area contributed by atoms with Crippen molar-refractivity contribution in [3.05, 3.63) is 47.3 Å². The molecule has 0 spiro atoms. The molecule has 0 bridgehead atoms. The van der Waals surface area contributed by atoms with Crippen LogP contribution in [0.3, 0.4) is 0 Å². The Bertz CT molecular complexity index is 959. The number of Topliss-reactive ketones (excluding diaryl/α,β-unsaturated/α-hetero) is 1. The second kappa shape index (κ2) is 7.89. The number of amides is 1. The van der Waals surface area contributed by atoms with E-state index in [9.17, 15) is 9.59 Å². The van der Waals surface area contributed by atoms with Crippen molar-refractivity contribution in [1.29, 1.82) is 0 Å². The summed E-state index contributed by atoms with van der Waals surface area (Å²) in [7, 11) is 0. The summed E-state index contributed by atoms with van der Waals surface area (Å²) in [6, 6.07) is 11.5.